The molecule has 2 fully saturated rings. The minimum atomic E-state index is 0.0517. The highest BCUT2D eigenvalue weighted by Crippen LogP contribution is 2.26. The summed E-state index contributed by atoms with van der Waals surface area (Å²) in [4.78, 5) is 25.7. The molecule has 2 saturated heterocycles. The smallest absolute Gasteiger partial charge is 0.227 e. The van der Waals surface area contributed by atoms with E-state index in [0.29, 0.717) is 5.91 Å². The lowest BCUT2D eigenvalue weighted by Crippen LogP contribution is -2.52. The number of amides is 1. The molecule has 0 N–H and O–H groups in total. The van der Waals surface area contributed by atoms with Crippen LogP contribution in [-0.4, -0.2) is 71.6 Å². The molecule has 41 heavy (non-hydrogen) atoms. The van der Waals surface area contributed by atoms with Crippen LogP contribution in [0.1, 0.15) is 35.4 Å². The second-order valence-electron chi connectivity index (χ2n) is 11.6. The first-order chi connectivity index (χ1) is 20.0. The molecule has 0 radical (unpaired) electrons. The maximum Gasteiger partial charge on any atom is 0.227 e. The van der Waals surface area contributed by atoms with Crippen molar-refractivity contribution >= 4 is 22.6 Å². The largest absolute Gasteiger partial charge is 0.497 e. The minimum Gasteiger partial charge on any atom is -0.497 e. The van der Waals surface area contributed by atoms with Crippen LogP contribution in [0.25, 0.3) is 11.0 Å². The number of piperidine rings is 1. The van der Waals surface area contributed by atoms with Crippen LogP contribution < -0.4 is 9.64 Å². The van der Waals surface area contributed by atoms with Gasteiger partial charge in [0, 0.05) is 45.0 Å². The lowest BCUT2D eigenvalue weighted by atomic mass is 9.96. The molecule has 0 saturated carbocycles. The molecular formula is C34H41N5O2. The highest BCUT2D eigenvalue weighted by molar-refractivity contribution is 5.79. The van der Waals surface area contributed by atoms with Gasteiger partial charge in [0.15, 0.2) is 0 Å². The number of ether oxygens (including phenoxy) is 1. The molecule has 0 bridgehead atoms. The number of likely N-dealkylation sites (tertiary alicyclic amines) is 1. The Labute approximate surface area is 243 Å². The Morgan fingerprint density at radius 1 is 0.927 bits per heavy atom. The maximum atomic E-state index is 13.7. The number of hydrogen-bond donors (Lipinski definition) is 0. The van der Waals surface area contributed by atoms with Crippen molar-refractivity contribution in [2.75, 3.05) is 51.3 Å². The summed E-state index contributed by atoms with van der Waals surface area (Å²) < 4.78 is 7.68. The molecule has 4 aromatic rings. The third kappa shape index (κ3) is 5.96. The number of aryl methyl sites for hydroxylation is 2. The van der Waals surface area contributed by atoms with Crippen molar-refractivity contribution in [2.45, 2.75) is 39.8 Å². The molecule has 3 heterocycles. The van der Waals surface area contributed by atoms with Crippen LogP contribution in [0.3, 0.4) is 0 Å². The molecule has 3 aromatic carbocycles. The predicted molar refractivity (Wildman–Crippen MR) is 165 cm³/mol. The second kappa shape index (κ2) is 12.0. The number of rotatable bonds is 7. The second-order valence-corrected chi connectivity index (χ2v) is 11.6. The average Bonchev–Trinajstić information content (AvgIpc) is 3.34. The van der Waals surface area contributed by atoms with E-state index in [2.05, 4.69) is 81.6 Å². The van der Waals surface area contributed by atoms with Crippen molar-refractivity contribution in [2.24, 2.45) is 5.92 Å². The van der Waals surface area contributed by atoms with E-state index in [1.165, 1.54) is 22.4 Å². The summed E-state index contributed by atoms with van der Waals surface area (Å²) in [5, 5.41) is 0. The van der Waals surface area contributed by atoms with Crippen molar-refractivity contribution in [1.29, 1.82) is 0 Å². The monoisotopic (exact) mass is 551 g/mol. The Balaban J connectivity index is 1.12. The SMILES string of the molecule is COc1ccc(Cn2c(CN3CCC[C@H](C(=O)N4CCN(c5ccc(C)cc5C)CC4)C3)nc3ccccc32)cc1. The fourth-order valence-electron chi connectivity index (χ4n) is 6.52. The van der Waals surface area contributed by atoms with Gasteiger partial charge in [0.1, 0.15) is 11.6 Å². The zero-order valence-electron chi connectivity index (χ0n) is 24.6. The van der Waals surface area contributed by atoms with Crippen LogP contribution in [-0.2, 0) is 17.9 Å². The molecule has 2 aliphatic heterocycles. The Morgan fingerprint density at radius 2 is 1.71 bits per heavy atom. The minimum absolute atomic E-state index is 0.0517. The van der Waals surface area contributed by atoms with E-state index < -0.39 is 0 Å². The number of carbonyl (C=O) groups excluding carboxylic acids is 1. The van der Waals surface area contributed by atoms with E-state index in [4.69, 9.17) is 9.72 Å². The first kappa shape index (κ1) is 27.3. The summed E-state index contributed by atoms with van der Waals surface area (Å²) in [6.45, 7) is 11.0. The van der Waals surface area contributed by atoms with E-state index in [1.807, 2.05) is 18.2 Å². The summed E-state index contributed by atoms with van der Waals surface area (Å²) in [5.41, 5.74) is 7.27. The van der Waals surface area contributed by atoms with E-state index in [0.717, 1.165) is 87.8 Å². The molecule has 1 atom stereocenters. The van der Waals surface area contributed by atoms with Crippen molar-refractivity contribution in [1.82, 2.24) is 19.4 Å². The van der Waals surface area contributed by atoms with Crippen LogP contribution in [0.2, 0.25) is 0 Å². The number of methoxy groups -OCH3 is 1. The van der Waals surface area contributed by atoms with Crippen LogP contribution in [0, 0.1) is 19.8 Å². The van der Waals surface area contributed by atoms with Gasteiger partial charge in [-0.25, -0.2) is 4.98 Å². The van der Waals surface area contributed by atoms with Gasteiger partial charge < -0.3 is 19.1 Å². The third-order valence-electron chi connectivity index (χ3n) is 8.74. The van der Waals surface area contributed by atoms with Gasteiger partial charge in [0.2, 0.25) is 5.91 Å². The first-order valence-corrected chi connectivity index (χ1v) is 14.9. The molecule has 214 valence electrons. The Kier molecular flexibility index (Phi) is 7.97. The average molecular weight is 552 g/mol. The Hall–Kier alpha value is -3.84. The molecule has 2 aliphatic rings. The number of fused-ring (bicyclic) bond motifs is 1. The number of hydrogen-bond acceptors (Lipinski definition) is 5. The molecule has 0 unspecified atom stereocenters. The van der Waals surface area contributed by atoms with Gasteiger partial charge in [-0.3, -0.25) is 9.69 Å². The van der Waals surface area contributed by atoms with Crippen LogP contribution >= 0.6 is 0 Å². The number of nitrogens with zero attached hydrogens (tertiary/aromatic N) is 5. The summed E-state index contributed by atoms with van der Waals surface area (Å²) in [6.07, 6.45) is 2.01. The Bertz CT molecular complexity index is 1500. The van der Waals surface area contributed by atoms with E-state index in [1.54, 1.807) is 7.11 Å². The normalized spacial score (nSPS) is 18.2. The summed E-state index contributed by atoms with van der Waals surface area (Å²) >= 11 is 0. The highest BCUT2D eigenvalue weighted by Gasteiger charge is 2.32. The van der Waals surface area contributed by atoms with Crippen LogP contribution in [0.4, 0.5) is 5.69 Å². The number of para-hydroxylation sites is 2. The predicted octanol–water partition coefficient (Wildman–Crippen LogP) is 5.27. The maximum absolute atomic E-state index is 13.7. The number of anilines is 1. The fraction of sp³-hybridized carbons (Fsp3) is 0.412. The number of carbonyl (C=O) groups is 1. The summed E-state index contributed by atoms with van der Waals surface area (Å²) in [7, 11) is 1.69. The molecular weight excluding hydrogens is 510 g/mol. The van der Waals surface area contributed by atoms with Gasteiger partial charge in [-0.1, -0.05) is 42.0 Å². The van der Waals surface area contributed by atoms with Gasteiger partial charge in [-0.15, -0.1) is 0 Å². The molecule has 1 aromatic heterocycles. The highest BCUT2D eigenvalue weighted by atomic mass is 16.5. The van der Waals surface area contributed by atoms with Crippen LogP contribution in [0.15, 0.2) is 66.7 Å². The molecule has 0 aliphatic carbocycles. The molecule has 7 heteroatoms. The van der Waals surface area contributed by atoms with E-state index in [9.17, 15) is 4.79 Å². The summed E-state index contributed by atoms with van der Waals surface area (Å²) in [6, 6.07) is 23.3. The quantitative estimate of drug-likeness (QED) is 0.313. The topological polar surface area (TPSA) is 53.8 Å². The van der Waals surface area contributed by atoms with Gasteiger partial charge >= 0.3 is 0 Å². The standard InChI is InChI=1S/C34H41N5O2/c1-25-10-15-31(26(2)21-25)37-17-19-38(20-18-37)34(40)28-7-6-16-36(23-28)24-33-35-30-8-4-5-9-32(30)39(33)22-27-11-13-29(41-3)14-12-27/h4-5,8-15,21,28H,6-7,16-20,22-24H2,1-3H3/t28-/m0/s1. The lowest BCUT2D eigenvalue weighted by molar-refractivity contribution is -0.137. The molecule has 6 rings (SSSR count). The van der Waals surface area contributed by atoms with Crippen molar-refractivity contribution in [3.8, 4) is 5.75 Å². The third-order valence-corrected chi connectivity index (χ3v) is 8.74. The van der Waals surface area contributed by atoms with Crippen LogP contribution in [0.5, 0.6) is 5.75 Å². The molecule has 1 amide bonds. The van der Waals surface area contributed by atoms with Crippen molar-refractivity contribution in [3.05, 3.63) is 89.2 Å². The number of imidazole rings is 1. The van der Waals surface area contributed by atoms with Crippen molar-refractivity contribution < 1.29 is 9.53 Å². The number of benzene rings is 3. The van der Waals surface area contributed by atoms with E-state index in [-0.39, 0.29) is 5.92 Å². The van der Waals surface area contributed by atoms with E-state index >= 15 is 0 Å². The molecule has 0 spiro atoms. The number of piperazine rings is 1. The Morgan fingerprint density at radius 3 is 2.46 bits per heavy atom. The van der Waals surface area contributed by atoms with Gasteiger partial charge in [-0.2, -0.15) is 0 Å². The zero-order chi connectivity index (χ0) is 28.3. The van der Waals surface area contributed by atoms with Gasteiger partial charge in [-0.05, 0) is 74.7 Å². The van der Waals surface area contributed by atoms with Gasteiger partial charge in [0.25, 0.3) is 0 Å². The lowest BCUT2D eigenvalue weighted by Gasteiger charge is -2.40. The fourth-order valence-corrected chi connectivity index (χ4v) is 6.52. The molecule has 7 nitrogen and oxygen atoms in total. The van der Waals surface area contributed by atoms with Gasteiger partial charge in [0.05, 0.1) is 30.6 Å². The first-order valence-electron chi connectivity index (χ1n) is 14.9. The van der Waals surface area contributed by atoms with Crippen molar-refractivity contribution in [3.63, 3.8) is 0 Å². The summed E-state index contributed by atoms with van der Waals surface area (Å²) in [5.74, 6) is 2.29. The zero-order valence-corrected chi connectivity index (χ0v) is 24.6. The number of aromatic nitrogens is 2.